The van der Waals surface area contributed by atoms with Gasteiger partial charge < -0.3 is 30.3 Å². The van der Waals surface area contributed by atoms with Crippen LogP contribution in [0.25, 0.3) is 0 Å². The topological polar surface area (TPSA) is 97.1 Å². The van der Waals surface area contributed by atoms with Crippen LogP contribution >= 0.6 is 0 Å². The van der Waals surface area contributed by atoms with Gasteiger partial charge in [0.25, 0.3) is 5.91 Å². The molecular formula is C25H42N4O4. The van der Waals surface area contributed by atoms with E-state index in [-0.39, 0.29) is 23.8 Å². The zero-order valence-electron chi connectivity index (χ0n) is 20.8. The first kappa shape index (κ1) is 26.9. The Morgan fingerprint density at radius 1 is 1.21 bits per heavy atom. The molecule has 1 heterocycles. The van der Waals surface area contributed by atoms with Crippen LogP contribution in [0.15, 0.2) is 18.2 Å². The molecular weight excluding hydrogens is 420 g/mol. The normalized spacial score (nSPS) is 18.7. The van der Waals surface area contributed by atoms with Crippen LogP contribution in [0.3, 0.4) is 0 Å². The lowest BCUT2D eigenvalue weighted by atomic mass is 9.93. The monoisotopic (exact) mass is 462 g/mol. The molecule has 0 saturated carbocycles. The molecule has 0 radical (unpaired) electrons. The average molecular weight is 463 g/mol. The molecule has 1 saturated heterocycles. The van der Waals surface area contributed by atoms with Crippen LogP contribution in [0, 0.1) is 5.92 Å². The van der Waals surface area contributed by atoms with E-state index in [4.69, 9.17) is 15.2 Å². The minimum Gasteiger partial charge on any atom is -0.496 e. The van der Waals surface area contributed by atoms with Gasteiger partial charge in [-0.05, 0) is 50.9 Å². The Balaban J connectivity index is 1.80. The van der Waals surface area contributed by atoms with Crippen molar-refractivity contribution in [3.05, 3.63) is 23.8 Å². The van der Waals surface area contributed by atoms with E-state index in [1.165, 1.54) is 7.11 Å². The summed E-state index contributed by atoms with van der Waals surface area (Å²) in [6, 6.07) is 5.03. The predicted octanol–water partition coefficient (Wildman–Crippen LogP) is 2.77. The highest BCUT2D eigenvalue weighted by atomic mass is 16.5. The van der Waals surface area contributed by atoms with Crippen molar-refractivity contribution in [2.75, 3.05) is 59.2 Å². The summed E-state index contributed by atoms with van der Waals surface area (Å²) in [5, 5.41) is 3.03. The summed E-state index contributed by atoms with van der Waals surface area (Å²) in [5.41, 5.74) is 6.81. The highest BCUT2D eigenvalue weighted by Gasteiger charge is 2.29. The van der Waals surface area contributed by atoms with Crippen molar-refractivity contribution in [3.63, 3.8) is 0 Å². The standard InChI is InChI=1S/C25H42N4O4/c1-5-12-29(13-6-2)24(30)8-7-14-28-15-11-19(23(18-28)33-4)17-27-25(31)21-10-9-20(26)16-22(21)32-3/h9-10,16,19,23H,5-8,11-15,17-18,26H2,1-4H3,(H,27,31)/t19-,23-/m1/s1. The number of methoxy groups -OCH3 is 2. The van der Waals surface area contributed by atoms with Crippen molar-refractivity contribution in [1.82, 2.24) is 15.1 Å². The lowest BCUT2D eigenvalue weighted by Crippen LogP contribution is -2.48. The summed E-state index contributed by atoms with van der Waals surface area (Å²) in [7, 11) is 3.25. The Kier molecular flexibility index (Phi) is 11.5. The van der Waals surface area contributed by atoms with Gasteiger partial charge in [0.05, 0.1) is 18.8 Å². The summed E-state index contributed by atoms with van der Waals surface area (Å²) >= 11 is 0. The van der Waals surface area contributed by atoms with Crippen LogP contribution in [0.5, 0.6) is 5.75 Å². The molecule has 0 unspecified atom stereocenters. The molecule has 0 aliphatic carbocycles. The molecule has 3 N–H and O–H groups in total. The molecule has 0 bridgehead atoms. The quantitative estimate of drug-likeness (QED) is 0.438. The van der Waals surface area contributed by atoms with E-state index in [0.717, 1.165) is 58.4 Å². The fourth-order valence-corrected chi connectivity index (χ4v) is 4.46. The number of carbonyl (C=O) groups is 2. The largest absolute Gasteiger partial charge is 0.496 e. The third-order valence-electron chi connectivity index (χ3n) is 6.28. The summed E-state index contributed by atoms with van der Waals surface area (Å²) in [6.45, 7) is 9.09. The van der Waals surface area contributed by atoms with Crippen LogP contribution < -0.4 is 15.8 Å². The number of nitrogen functional groups attached to an aromatic ring is 1. The maximum Gasteiger partial charge on any atom is 0.255 e. The number of piperidine rings is 1. The molecule has 8 heteroatoms. The molecule has 1 aromatic rings. The Morgan fingerprint density at radius 2 is 1.94 bits per heavy atom. The van der Waals surface area contributed by atoms with E-state index in [9.17, 15) is 9.59 Å². The van der Waals surface area contributed by atoms with Crippen LogP contribution in [-0.2, 0) is 9.53 Å². The molecule has 1 fully saturated rings. The predicted molar refractivity (Wildman–Crippen MR) is 131 cm³/mol. The fraction of sp³-hybridized carbons (Fsp3) is 0.680. The molecule has 2 atom stereocenters. The van der Waals surface area contributed by atoms with E-state index in [0.29, 0.717) is 30.0 Å². The van der Waals surface area contributed by atoms with Crippen LogP contribution in [-0.4, -0.2) is 81.2 Å². The first-order chi connectivity index (χ1) is 15.9. The molecule has 1 aliphatic rings. The zero-order chi connectivity index (χ0) is 24.2. The van der Waals surface area contributed by atoms with Gasteiger partial charge in [-0.25, -0.2) is 0 Å². The number of hydrogen-bond donors (Lipinski definition) is 2. The number of nitrogens with two attached hydrogens (primary N) is 1. The third-order valence-corrected chi connectivity index (χ3v) is 6.28. The van der Waals surface area contributed by atoms with Gasteiger partial charge in [-0.3, -0.25) is 9.59 Å². The Hall–Kier alpha value is -2.32. The molecule has 0 spiro atoms. The van der Waals surface area contributed by atoms with Gasteiger partial charge >= 0.3 is 0 Å². The highest BCUT2D eigenvalue weighted by Crippen LogP contribution is 2.23. The van der Waals surface area contributed by atoms with Crippen molar-refractivity contribution in [2.24, 2.45) is 5.92 Å². The van der Waals surface area contributed by atoms with Crippen molar-refractivity contribution in [2.45, 2.75) is 52.1 Å². The Labute approximate surface area is 198 Å². The van der Waals surface area contributed by atoms with Gasteiger partial charge in [-0.15, -0.1) is 0 Å². The van der Waals surface area contributed by atoms with Gasteiger partial charge in [0.1, 0.15) is 5.75 Å². The number of nitrogens with one attached hydrogen (secondary N) is 1. The van der Waals surface area contributed by atoms with Crippen LogP contribution in [0.1, 0.15) is 56.3 Å². The maximum absolute atomic E-state index is 12.7. The van der Waals surface area contributed by atoms with E-state index in [1.807, 2.05) is 4.90 Å². The van der Waals surface area contributed by atoms with Gasteiger partial charge in [-0.2, -0.15) is 0 Å². The molecule has 2 amide bonds. The number of benzene rings is 1. The van der Waals surface area contributed by atoms with Gasteiger partial charge in [-0.1, -0.05) is 13.8 Å². The van der Waals surface area contributed by atoms with Crippen molar-refractivity contribution in [1.29, 1.82) is 0 Å². The van der Waals surface area contributed by atoms with Crippen molar-refractivity contribution >= 4 is 17.5 Å². The first-order valence-corrected chi connectivity index (χ1v) is 12.2. The summed E-state index contributed by atoms with van der Waals surface area (Å²) in [4.78, 5) is 29.5. The first-order valence-electron chi connectivity index (χ1n) is 12.2. The number of likely N-dealkylation sites (tertiary alicyclic amines) is 1. The second kappa shape index (κ2) is 14.1. The molecule has 1 aliphatic heterocycles. The number of rotatable bonds is 13. The lowest BCUT2D eigenvalue weighted by molar-refractivity contribution is -0.131. The highest BCUT2D eigenvalue weighted by molar-refractivity contribution is 5.97. The second-order valence-corrected chi connectivity index (χ2v) is 8.78. The zero-order valence-corrected chi connectivity index (χ0v) is 20.8. The minimum absolute atomic E-state index is 0.0414. The second-order valence-electron chi connectivity index (χ2n) is 8.78. The SMILES string of the molecule is CCCN(CCC)C(=O)CCCN1CC[C@H](CNC(=O)c2ccc(N)cc2OC)[C@H](OC)C1. The summed E-state index contributed by atoms with van der Waals surface area (Å²) in [5.74, 6) is 0.793. The summed E-state index contributed by atoms with van der Waals surface area (Å²) < 4.78 is 11.0. The van der Waals surface area contributed by atoms with E-state index in [1.54, 1.807) is 25.3 Å². The minimum atomic E-state index is -0.175. The van der Waals surface area contributed by atoms with E-state index < -0.39 is 0 Å². The van der Waals surface area contributed by atoms with Crippen LogP contribution in [0.2, 0.25) is 0 Å². The number of anilines is 1. The molecule has 186 valence electrons. The number of amides is 2. The van der Waals surface area contributed by atoms with Gasteiger partial charge in [0, 0.05) is 57.4 Å². The van der Waals surface area contributed by atoms with Crippen molar-refractivity contribution in [3.8, 4) is 5.75 Å². The third kappa shape index (κ3) is 8.19. The number of hydrogen-bond acceptors (Lipinski definition) is 6. The van der Waals surface area contributed by atoms with Crippen molar-refractivity contribution < 1.29 is 19.1 Å². The molecule has 2 rings (SSSR count). The van der Waals surface area contributed by atoms with Crippen LogP contribution in [0.4, 0.5) is 5.69 Å². The maximum atomic E-state index is 12.7. The Morgan fingerprint density at radius 3 is 2.58 bits per heavy atom. The van der Waals surface area contributed by atoms with Gasteiger partial charge in [0.15, 0.2) is 0 Å². The van der Waals surface area contributed by atoms with E-state index in [2.05, 4.69) is 24.1 Å². The average Bonchev–Trinajstić information content (AvgIpc) is 2.82. The van der Waals surface area contributed by atoms with Gasteiger partial charge in [0.2, 0.25) is 5.91 Å². The molecule has 0 aromatic heterocycles. The molecule has 1 aromatic carbocycles. The molecule has 33 heavy (non-hydrogen) atoms. The summed E-state index contributed by atoms with van der Waals surface area (Å²) in [6.07, 6.45) is 4.42. The lowest BCUT2D eigenvalue weighted by Gasteiger charge is -2.38. The number of ether oxygens (including phenoxy) is 2. The fourth-order valence-electron chi connectivity index (χ4n) is 4.46. The molecule has 8 nitrogen and oxygen atoms in total. The Bertz CT molecular complexity index is 752. The smallest absolute Gasteiger partial charge is 0.255 e. The number of carbonyl (C=O) groups excluding carboxylic acids is 2. The number of nitrogens with zero attached hydrogens (tertiary/aromatic N) is 2. The van der Waals surface area contributed by atoms with E-state index >= 15 is 0 Å².